The molecule has 3 rings (SSSR count). The zero-order valence-corrected chi connectivity index (χ0v) is 14.2. The first kappa shape index (κ1) is 16.6. The van der Waals surface area contributed by atoms with Crippen molar-refractivity contribution in [1.29, 1.82) is 0 Å². The molecule has 0 atom stereocenters. The van der Waals surface area contributed by atoms with Crippen molar-refractivity contribution in [3.63, 3.8) is 0 Å². The van der Waals surface area contributed by atoms with Gasteiger partial charge in [0, 0.05) is 11.6 Å². The number of hydrogen-bond donors (Lipinski definition) is 0. The molecular weight excluding hydrogens is 343 g/mol. The van der Waals surface area contributed by atoms with Gasteiger partial charge in [0.15, 0.2) is 12.4 Å². The minimum Gasteiger partial charge on any atom is -0.485 e. The van der Waals surface area contributed by atoms with Gasteiger partial charge in [-0.3, -0.25) is 4.79 Å². The van der Waals surface area contributed by atoms with Crippen molar-refractivity contribution in [1.82, 2.24) is 0 Å². The second-order valence-corrected chi connectivity index (χ2v) is 6.05. The Balaban J connectivity index is 1.66. The number of halogens is 2. The quantitative estimate of drug-likeness (QED) is 0.530. The molecule has 0 aliphatic heterocycles. The van der Waals surface area contributed by atoms with E-state index in [-0.39, 0.29) is 12.4 Å². The number of benzene rings is 3. The standard InChI is InChI=1S/C20H14Cl2O2/c21-18-11-10-17(12-19(18)22)24-13-20(23)16-8-6-15(7-9-16)14-4-2-1-3-5-14/h1-12H,13H2. The molecule has 0 aliphatic rings. The lowest BCUT2D eigenvalue weighted by Gasteiger charge is -2.07. The average molecular weight is 357 g/mol. The Morgan fingerprint density at radius 3 is 2.12 bits per heavy atom. The smallest absolute Gasteiger partial charge is 0.200 e. The van der Waals surface area contributed by atoms with Gasteiger partial charge in [-0.2, -0.15) is 0 Å². The highest BCUT2D eigenvalue weighted by molar-refractivity contribution is 6.42. The molecule has 120 valence electrons. The van der Waals surface area contributed by atoms with E-state index in [1.807, 2.05) is 54.6 Å². The second-order valence-electron chi connectivity index (χ2n) is 5.23. The third-order valence-electron chi connectivity index (χ3n) is 3.57. The molecule has 0 radical (unpaired) electrons. The summed E-state index contributed by atoms with van der Waals surface area (Å²) in [5.41, 5.74) is 2.79. The first-order chi connectivity index (χ1) is 11.6. The normalized spacial score (nSPS) is 10.4. The fourth-order valence-corrected chi connectivity index (χ4v) is 2.57. The van der Waals surface area contributed by atoms with Gasteiger partial charge in [-0.1, -0.05) is 77.8 Å². The van der Waals surface area contributed by atoms with Gasteiger partial charge in [-0.05, 0) is 23.3 Å². The molecule has 3 aromatic carbocycles. The van der Waals surface area contributed by atoms with Crippen molar-refractivity contribution in [3.05, 3.63) is 88.4 Å². The van der Waals surface area contributed by atoms with Crippen LogP contribution in [0.4, 0.5) is 0 Å². The first-order valence-electron chi connectivity index (χ1n) is 7.40. The van der Waals surface area contributed by atoms with Crippen LogP contribution in [-0.2, 0) is 0 Å². The van der Waals surface area contributed by atoms with E-state index in [1.165, 1.54) is 0 Å². The van der Waals surface area contributed by atoms with E-state index in [0.717, 1.165) is 11.1 Å². The van der Waals surface area contributed by atoms with Gasteiger partial charge in [-0.25, -0.2) is 0 Å². The molecule has 24 heavy (non-hydrogen) atoms. The van der Waals surface area contributed by atoms with Crippen molar-refractivity contribution in [2.24, 2.45) is 0 Å². The Labute approximate surface area is 150 Å². The van der Waals surface area contributed by atoms with E-state index in [9.17, 15) is 4.79 Å². The zero-order chi connectivity index (χ0) is 16.9. The minimum absolute atomic E-state index is 0.0529. The number of ketones is 1. The first-order valence-corrected chi connectivity index (χ1v) is 8.15. The van der Waals surface area contributed by atoms with E-state index in [1.54, 1.807) is 18.2 Å². The monoisotopic (exact) mass is 356 g/mol. The summed E-state index contributed by atoms with van der Waals surface area (Å²) in [6, 6.07) is 22.4. The lowest BCUT2D eigenvalue weighted by Crippen LogP contribution is -2.11. The van der Waals surface area contributed by atoms with E-state index in [2.05, 4.69) is 0 Å². The SMILES string of the molecule is O=C(COc1ccc(Cl)c(Cl)c1)c1ccc(-c2ccccc2)cc1. The Morgan fingerprint density at radius 1 is 0.792 bits per heavy atom. The van der Waals surface area contributed by atoms with Crippen molar-refractivity contribution in [2.75, 3.05) is 6.61 Å². The molecule has 2 nitrogen and oxygen atoms in total. The lowest BCUT2D eigenvalue weighted by atomic mass is 10.0. The molecule has 0 saturated heterocycles. The topological polar surface area (TPSA) is 26.3 Å². The maximum Gasteiger partial charge on any atom is 0.200 e. The third-order valence-corrected chi connectivity index (χ3v) is 4.31. The number of rotatable bonds is 5. The van der Waals surface area contributed by atoms with Gasteiger partial charge < -0.3 is 4.74 Å². The highest BCUT2D eigenvalue weighted by Gasteiger charge is 2.08. The van der Waals surface area contributed by atoms with Gasteiger partial charge in [0.25, 0.3) is 0 Å². The molecule has 0 unspecified atom stereocenters. The molecule has 0 fully saturated rings. The summed E-state index contributed by atoms with van der Waals surface area (Å²) in [5.74, 6) is 0.416. The molecule has 0 saturated carbocycles. The summed E-state index contributed by atoms with van der Waals surface area (Å²) < 4.78 is 5.48. The van der Waals surface area contributed by atoms with Gasteiger partial charge in [-0.15, -0.1) is 0 Å². The molecule has 0 aliphatic carbocycles. The Kier molecular flexibility index (Phi) is 5.19. The fraction of sp³-hybridized carbons (Fsp3) is 0.0500. The van der Waals surface area contributed by atoms with Crippen LogP contribution in [0, 0.1) is 0 Å². The summed E-state index contributed by atoms with van der Waals surface area (Å²) >= 11 is 11.8. The number of Topliss-reactive ketones (excluding diaryl/α,β-unsaturated/α-hetero) is 1. The highest BCUT2D eigenvalue weighted by Crippen LogP contribution is 2.26. The number of carbonyl (C=O) groups excluding carboxylic acids is 1. The van der Waals surface area contributed by atoms with Crippen LogP contribution in [-0.4, -0.2) is 12.4 Å². The molecule has 0 spiro atoms. The second kappa shape index (κ2) is 7.52. The molecule has 0 amide bonds. The van der Waals surface area contributed by atoms with Crippen LogP contribution in [0.3, 0.4) is 0 Å². The summed E-state index contributed by atoms with van der Waals surface area (Å²) in [5, 5.41) is 0.848. The van der Waals surface area contributed by atoms with E-state index in [0.29, 0.717) is 21.4 Å². The Bertz CT molecular complexity index is 843. The van der Waals surface area contributed by atoms with Crippen LogP contribution in [0.15, 0.2) is 72.8 Å². The van der Waals surface area contributed by atoms with Crippen molar-refractivity contribution >= 4 is 29.0 Å². The minimum atomic E-state index is -0.0966. The van der Waals surface area contributed by atoms with Crippen LogP contribution in [0.2, 0.25) is 10.0 Å². The average Bonchev–Trinajstić information content (AvgIpc) is 2.63. The van der Waals surface area contributed by atoms with E-state index in [4.69, 9.17) is 27.9 Å². The zero-order valence-electron chi connectivity index (χ0n) is 12.7. The van der Waals surface area contributed by atoms with Crippen LogP contribution in [0.1, 0.15) is 10.4 Å². The molecule has 4 heteroatoms. The third kappa shape index (κ3) is 3.97. The summed E-state index contributed by atoms with van der Waals surface area (Å²) in [4.78, 5) is 12.2. The van der Waals surface area contributed by atoms with Crippen molar-refractivity contribution in [3.8, 4) is 16.9 Å². The van der Waals surface area contributed by atoms with E-state index >= 15 is 0 Å². The maximum atomic E-state index is 12.2. The number of hydrogen-bond acceptors (Lipinski definition) is 2. The maximum absolute atomic E-state index is 12.2. The highest BCUT2D eigenvalue weighted by atomic mass is 35.5. The van der Waals surface area contributed by atoms with Crippen molar-refractivity contribution < 1.29 is 9.53 Å². The number of carbonyl (C=O) groups is 1. The molecule has 0 heterocycles. The summed E-state index contributed by atoms with van der Waals surface area (Å²) in [6.45, 7) is -0.0529. The van der Waals surface area contributed by atoms with Crippen LogP contribution in [0.5, 0.6) is 5.75 Å². The molecule has 0 aromatic heterocycles. The van der Waals surface area contributed by atoms with Gasteiger partial charge >= 0.3 is 0 Å². The van der Waals surface area contributed by atoms with Gasteiger partial charge in [0.2, 0.25) is 0 Å². The lowest BCUT2D eigenvalue weighted by molar-refractivity contribution is 0.0921. The summed E-state index contributed by atoms with van der Waals surface area (Å²) in [7, 11) is 0. The van der Waals surface area contributed by atoms with Crippen LogP contribution < -0.4 is 4.74 Å². The van der Waals surface area contributed by atoms with Crippen LogP contribution >= 0.6 is 23.2 Å². The Morgan fingerprint density at radius 2 is 1.46 bits per heavy atom. The summed E-state index contributed by atoms with van der Waals surface area (Å²) in [6.07, 6.45) is 0. The van der Waals surface area contributed by atoms with Gasteiger partial charge in [0.05, 0.1) is 10.0 Å². The van der Waals surface area contributed by atoms with Crippen molar-refractivity contribution in [2.45, 2.75) is 0 Å². The molecule has 0 bridgehead atoms. The predicted octanol–water partition coefficient (Wildman–Crippen LogP) is 5.92. The molecule has 0 N–H and O–H groups in total. The molecule has 3 aromatic rings. The fourth-order valence-electron chi connectivity index (χ4n) is 2.28. The largest absolute Gasteiger partial charge is 0.485 e. The predicted molar refractivity (Wildman–Crippen MR) is 98.2 cm³/mol. The van der Waals surface area contributed by atoms with Gasteiger partial charge in [0.1, 0.15) is 5.75 Å². The Hall–Kier alpha value is -2.29. The van der Waals surface area contributed by atoms with E-state index < -0.39 is 0 Å². The van der Waals surface area contributed by atoms with Crippen LogP contribution in [0.25, 0.3) is 11.1 Å². The molecular formula is C20H14Cl2O2. The number of ether oxygens (including phenoxy) is 1.